The highest BCUT2D eigenvalue weighted by Crippen LogP contribution is 2.26. The minimum absolute atomic E-state index is 0.0200. The third-order valence-corrected chi connectivity index (χ3v) is 5.18. The predicted octanol–water partition coefficient (Wildman–Crippen LogP) is 1.02. The fourth-order valence-corrected chi connectivity index (χ4v) is 3.54. The lowest BCUT2D eigenvalue weighted by atomic mass is 10.0. The van der Waals surface area contributed by atoms with Gasteiger partial charge in [0, 0.05) is 37.6 Å². The van der Waals surface area contributed by atoms with Crippen molar-refractivity contribution in [1.82, 2.24) is 14.8 Å². The zero-order chi connectivity index (χ0) is 23.1. The Kier molecular flexibility index (Phi) is 7.37. The van der Waals surface area contributed by atoms with E-state index in [-0.39, 0.29) is 18.8 Å². The van der Waals surface area contributed by atoms with Crippen molar-refractivity contribution < 1.29 is 24.2 Å². The van der Waals surface area contributed by atoms with Crippen LogP contribution in [0.2, 0.25) is 0 Å². The molecule has 0 aliphatic carbocycles. The maximum Gasteiger partial charge on any atom is 0.312 e. The molecule has 2 heterocycles. The summed E-state index contributed by atoms with van der Waals surface area (Å²) in [6, 6.07) is 9.38. The van der Waals surface area contributed by atoms with Gasteiger partial charge in [-0.1, -0.05) is 0 Å². The Morgan fingerprint density at radius 2 is 1.81 bits per heavy atom. The highest BCUT2D eigenvalue weighted by atomic mass is 16.5. The van der Waals surface area contributed by atoms with E-state index in [1.807, 2.05) is 0 Å². The Labute approximate surface area is 185 Å². The number of nitrogens with two attached hydrogens (primary N) is 1. The molecule has 168 valence electrons. The van der Waals surface area contributed by atoms with E-state index in [2.05, 4.69) is 4.98 Å². The molecule has 4 N–H and O–H groups in total. The van der Waals surface area contributed by atoms with Gasteiger partial charge in [0.2, 0.25) is 0 Å². The number of amidine groups is 1. The molecule has 2 aromatic rings. The van der Waals surface area contributed by atoms with Crippen molar-refractivity contribution in [1.29, 1.82) is 5.41 Å². The van der Waals surface area contributed by atoms with Crippen LogP contribution in [-0.2, 0) is 14.4 Å². The average Bonchev–Trinajstić information content (AvgIpc) is 2.79. The number of piperazine rings is 1. The summed E-state index contributed by atoms with van der Waals surface area (Å²) in [6.45, 7) is 1.26. The van der Waals surface area contributed by atoms with Gasteiger partial charge in [0.15, 0.2) is 0 Å². The van der Waals surface area contributed by atoms with Crippen LogP contribution in [-0.4, -0.2) is 69.8 Å². The van der Waals surface area contributed by atoms with Crippen molar-refractivity contribution in [3.8, 4) is 5.75 Å². The smallest absolute Gasteiger partial charge is 0.312 e. The molecule has 1 aromatic heterocycles. The number of nitrogen functional groups attached to an aromatic ring is 1. The molecule has 1 aliphatic rings. The van der Waals surface area contributed by atoms with Gasteiger partial charge in [-0.25, -0.2) is 0 Å². The third kappa shape index (κ3) is 5.60. The Hall–Kier alpha value is -3.95. The maximum absolute atomic E-state index is 12.7. The number of carboxylic acid groups (broad SMARTS) is 1. The molecular formula is C22H25N5O5. The van der Waals surface area contributed by atoms with Crippen LogP contribution < -0.4 is 10.5 Å². The Morgan fingerprint density at radius 3 is 2.44 bits per heavy atom. The second kappa shape index (κ2) is 10.4. The zero-order valence-corrected chi connectivity index (χ0v) is 17.4. The van der Waals surface area contributed by atoms with Crippen LogP contribution in [0.4, 0.5) is 0 Å². The molecule has 10 heteroatoms. The highest BCUT2D eigenvalue weighted by molar-refractivity contribution is 6.35. The number of hydrogen-bond acceptors (Lipinski definition) is 6. The number of aromatic nitrogens is 1. The van der Waals surface area contributed by atoms with Crippen LogP contribution in [0, 0.1) is 5.41 Å². The molecule has 32 heavy (non-hydrogen) atoms. The van der Waals surface area contributed by atoms with E-state index in [9.17, 15) is 19.5 Å². The van der Waals surface area contributed by atoms with Crippen LogP contribution in [0.3, 0.4) is 0 Å². The normalized spacial score (nSPS) is 14.9. The summed E-state index contributed by atoms with van der Waals surface area (Å²) in [5, 5.41) is 16.7. The Balaban J connectivity index is 1.53. The molecule has 10 nitrogen and oxygen atoms in total. The SMILES string of the molecule is N=C(N)c1ccc(OCCCN2CCN(C(CC(=O)O)c3ccncc3)C(=O)C2=O)cc1. The molecule has 0 radical (unpaired) electrons. The van der Waals surface area contributed by atoms with E-state index in [0.717, 1.165) is 0 Å². The molecule has 1 unspecified atom stereocenters. The third-order valence-electron chi connectivity index (χ3n) is 5.18. The van der Waals surface area contributed by atoms with Gasteiger partial charge < -0.3 is 25.4 Å². The number of nitrogens with one attached hydrogen (secondary N) is 1. The average molecular weight is 439 g/mol. The summed E-state index contributed by atoms with van der Waals surface area (Å²) in [7, 11) is 0. The fourth-order valence-electron chi connectivity index (χ4n) is 3.54. The second-order valence-corrected chi connectivity index (χ2v) is 7.33. The first-order valence-corrected chi connectivity index (χ1v) is 10.2. The van der Waals surface area contributed by atoms with Gasteiger partial charge in [-0.2, -0.15) is 0 Å². The van der Waals surface area contributed by atoms with Gasteiger partial charge in [-0.05, 0) is 48.4 Å². The minimum atomic E-state index is -1.05. The largest absolute Gasteiger partial charge is 0.494 e. The summed E-state index contributed by atoms with van der Waals surface area (Å²) in [5.74, 6) is -1.81. The number of ether oxygens (including phenoxy) is 1. The van der Waals surface area contributed by atoms with Crippen LogP contribution in [0.15, 0.2) is 48.8 Å². The zero-order valence-electron chi connectivity index (χ0n) is 17.4. The first kappa shape index (κ1) is 22.7. The number of hydrogen-bond donors (Lipinski definition) is 3. The monoisotopic (exact) mass is 439 g/mol. The molecule has 0 saturated carbocycles. The van der Waals surface area contributed by atoms with E-state index in [1.54, 1.807) is 36.4 Å². The van der Waals surface area contributed by atoms with Crippen molar-refractivity contribution in [2.45, 2.75) is 18.9 Å². The van der Waals surface area contributed by atoms with Crippen LogP contribution in [0.5, 0.6) is 5.75 Å². The molecule has 2 amide bonds. The lowest BCUT2D eigenvalue weighted by Crippen LogP contribution is -2.55. The number of amides is 2. The van der Waals surface area contributed by atoms with Gasteiger partial charge in [0.25, 0.3) is 0 Å². The maximum atomic E-state index is 12.7. The van der Waals surface area contributed by atoms with E-state index in [1.165, 1.54) is 22.2 Å². The molecular weight excluding hydrogens is 414 g/mol. The van der Waals surface area contributed by atoms with Crippen LogP contribution in [0.25, 0.3) is 0 Å². The van der Waals surface area contributed by atoms with Crippen molar-refractivity contribution in [2.75, 3.05) is 26.2 Å². The van der Waals surface area contributed by atoms with Gasteiger partial charge in [-0.3, -0.25) is 24.8 Å². The lowest BCUT2D eigenvalue weighted by Gasteiger charge is -2.38. The molecule has 1 fully saturated rings. The molecule has 1 atom stereocenters. The second-order valence-electron chi connectivity index (χ2n) is 7.33. The summed E-state index contributed by atoms with van der Waals surface area (Å²) >= 11 is 0. The Morgan fingerprint density at radius 1 is 1.12 bits per heavy atom. The summed E-state index contributed by atoms with van der Waals surface area (Å²) < 4.78 is 5.64. The first-order valence-electron chi connectivity index (χ1n) is 10.2. The van der Waals surface area contributed by atoms with Crippen LogP contribution in [0.1, 0.15) is 30.0 Å². The minimum Gasteiger partial charge on any atom is -0.494 e. The van der Waals surface area contributed by atoms with Gasteiger partial charge in [-0.15, -0.1) is 0 Å². The summed E-state index contributed by atoms with van der Waals surface area (Å²) in [6.07, 6.45) is 3.29. The number of rotatable bonds is 10. The lowest BCUT2D eigenvalue weighted by molar-refractivity contribution is -0.159. The molecule has 3 rings (SSSR count). The van der Waals surface area contributed by atoms with Crippen LogP contribution >= 0.6 is 0 Å². The van der Waals surface area contributed by atoms with Crippen molar-refractivity contribution in [2.24, 2.45) is 5.73 Å². The molecule has 1 saturated heterocycles. The van der Waals surface area contributed by atoms with E-state index in [0.29, 0.717) is 43.0 Å². The summed E-state index contributed by atoms with van der Waals surface area (Å²) in [5.41, 5.74) is 6.65. The van der Waals surface area contributed by atoms with Gasteiger partial charge in [0.05, 0.1) is 19.1 Å². The molecule has 1 aliphatic heterocycles. The number of pyridine rings is 1. The number of carboxylic acids is 1. The Bertz CT molecular complexity index is 980. The number of benzene rings is 1. The van der Waals surface area contributed by atoms with E-state index >= 15 is 0 Å². The van der Waals surface area contributed by atoms with E-state index in [4.69, 9.17) is 15.9 Å². The highest BCUT2D eigenvalue weighted by Gasteiger charge is 2.37. The molecule has 1 aromatic carbocycles. The van der Waals surface area contributed by atoms with E-state index < -0.39 is 23.8 Å². The molecule has 0 spiro atoms. The van der Waals surface area contributed by atoms with Gasteiger partial charge in [0.1, 0.15) is 11.6 Å². The molecule has 0 bridgehead atoms. The van der Waals surface area contributed by atoms with Crippen molar-refractivity contribution in [3.63, 3.8) is 0 Å². The number of carbonyl (C=O) groups excluding carboxylic acids is 2. The van der Waals surface area contributed by atoms with Gasteiger partial charge >= 0.3 is 17.8 Å². The van der Waals surface area contributed by atoms with Crippen molar-refractivity contribution in [3.05, 3.63) is 59.9 Å². The first-order chi connectivity index (χ1) is 15.4. The fraction of sp³-hybridized carbons (Fsp3) is 0.318. The predicted molar refractivity (Wildman–Crippen MR) is 115 cm³/mol. The number of aliphatic carboxylic acids is 1. The quantitative estimate of drug-likeness (QED) is 0.216. The number of nitrogens with zero attached hydrogens (tertiary/aromatic N) is 3. The summed E-state index contributed by atoms with van der Waals surface area (Å²) in [4.78, 5) is 43.4. The topological polar surface area (TPSA) is 150 Å². The number of carbonyl (C=O) groups is 3. The standard InChI is InChI=1S/C22H25N5O5/c23-20(24)16-2-4-17(5-3-16)32-13-1-10-26-11-12-27(22(31)21(26)30)18(14-19(28)29)15-6-8-25-9-7-15/h2-9,18H,1,10-14H2,(H3,23,24)(H,28,29). The van der Waals surface area contributed by atoms with Crippen molar-refractivity contribution >= 4 is 23.6 Å².